The number of aromatic nitrogens is 2. The maximum Gasteiger partial charge on any atom is 0.266 e. The molecule has 3 rings (SSSR count). The topological polar surface area (TPSA) is 34.9 Å². The zero-order valence-corrected chi connectivity index (χ0v) is 13.0. The number of para-hydroxylation sites is 1. The molecule has 3 aromatic rings. The summed E-state index contributed by atoms with van der Waals surface area (Å²) in [5.74, 6) is 0.545. The first-order chi connectivity index (χ1) is 10.1. The summed E-state index contributed by atoms with van der Waals surface area (Å²) in [4.78, 5) is 17.1. The molecule has 0 aliphatic carbocycles. The highest BCUT2D eigenvalue weighted by Crippen LogP contribution is 2.22. The minimum Gasteiger partial charge on any atom is -0.268 e. The molecule has 0 amide bonds. The van der Waals surface area contributed by atoms with E-state index < -0.39 is 0 Å². The molecule has 3 nitrogen and oxygen atoms in total. The Morgan fingerprint density at radius 3 is 2.38 bits per heavy atom. The zero-order chi connectivity index (χ0) is 15.0. The Hall–Kier alpha value is -1.55. The van der Waals surface area contributed by atoms with Crippen molar-refractivity contribution in [2.24, 2.45) is 0 Å². The van der Waals surface area contributed by atoms with Crippen molar-refractivity contribution in [1.29, 1.82) is 0 Å². The molecule has 0 aliphatic heterocycles. The van der Waals surface area contributed by atoms with Crippen LogP contribution < -0.4 is 5.56 Å². The molecule has 21 heavy (non-hydrogen) atoms. The van der Waals surface area contributed by atoms with E-state index in [-0.39, 0.29) is 11.4 Å². The summed E-state index contributed by atoms with van der Waals surface area (Å²) in [5.41, 5.74) is 0.962. The predicted molar refractivity (Wildman–Crippen MR) is 86.9 cm³/mol. The molecule has 0 atom stereocenters. The largest absolute Gasteiger partial charge is 0.268 e. The molecule has 0 saturated heterocycles. The van der Waals surface area contributed by atoms with E-state index >= 15 is 0 Å². The molecule has 106 valence electrons. The van der Waals surface area contributed by atoms with Crippen molar-refractivity contribution in [1.82, 2.24) is 9.55 Å². The van der Waals surface area contributed by atoms with E-state index in [1.807, 2.05) is 6.07 Å². The maximum atomic E-state index is 12.7. The van der Waals surface area contributed by atoms with Gasteiger partial charge < -0.3 is 0 Å². The van der Waals surface area contributed by atoms with Crippen molar-refractivity contribution < 1.29 is 0 Å². The first-order valence-electron chi connectivity index (χ1n) is 6.13. The molecule has 0 bridgehead atoms. The molecule has 0 aliphatic rings. The molecule has 1 aromatic heterocycles. The molecule has 6 heteroatoms. The second-order valence-corrected chi connectivity index (χ2v) is 5.59. The standard InChI is InChI=1S/C15H9Cl3N2O/c16-8-14-19-13-4-2-1-3-12(13)15(21)20(14)11-6-9(17)5-10(18)7-11/h1-7H,8H2. The van der Waals surface area contributed by atoms with Crippen LogP contribution in [-0.4, -0.2) is 9.55 Å². The van der Waals surface area contributed by atoms with Gasteiger partial charge in [-0.25, -0.2) is 4.98 Å². The quantitative estimate of drug-likeness (QED) is 0.647. The van der Waals surface area contributed by atoms with Crippen molar-refractivity contribution >= 4 is 45.7 Å². The van der Waals surface area contributed by atoms with Crippen LogP contribution >= 0.6 is 34.8 Å². The number of fused-ring (bicyclic) bond motifs is 1. The van der Waals surface area contributed by atoms with Crippen LogP contribution in [0.3, 0.4) is 0 Å². The van der Waals surface area contributed by atoms with Crippen molar-refractivity contribution in [2.45, 2.75) is 5.88 Å². The second kappa shape index (κ2) is 5.68. The third-order valence-corrected chi connectivity index (χ3v) is 3.75. The minimum atomic E-state index is -0.199. The van der Waals surface area contributed by atoms with Gasteiger partial charge in [0.15, 0.2) is 0 Å². The summed E-state index contributed by atoms with van der Waals surface area (Å²) >= 11 is 18.0. The Morgan fingerprint density at radius 1 is 1.05 bits per heavy atom. The van der Waals surface area contributed by atoms with Gasteiger partial charge >= 0.3 is 0 Å². The Labute approximate surface area is 135 Å². The van der Waals surface area contributed by atoms with Crippen LogP contribution in [0.2, 0.25) is 10.0 Å². The zero-order valence-electron chi connectivity index (χ0n) is 10.7. The van der Waals surface area contributed by atoms with Gasteiger partial charge in [0.2, 0.25) is 0 Å². The average molecular weight is 340 g/mol. The summed E-state index contributed by atoms with van der Waals surface area (Å²) in [6, 6.07) is 12.0. The highest BCUT2D eigenvalue weighted by atomic mass is 35.5. The number of rotatable bonds is 2. The second-order valence-electron chi connectivity index (χ2n) is 4.45. The van der Waals surface area contributed by atoms with Gasteiger partial charge in [-0.05, 0) is 30.3 Å². The lowest BCUT2D eigenvalue weighted by Gasteiger charge is -2.12. The minimum absolute atomic E-state index is 0.101. The predicted octanol–water partition coefficient (Wildman–Crippen LogP) is 4.43. The van der Waals surface area contributed by atoms with Crippen LogP contribution in [-0.2, 0) is 5.88 Å². The molecular formula is C15H9Cl3N2O. The first kappa shape index (κ1) is 14.4. The van der Waals surface area contributed by atoms with Crippen molar-refractivity contribution in [3.8, 4) is 5.69 Å². The normalized spacial score (nSPS) is 11.0. The Kier molecular flexibility index (Phi) is 3.89. The van der Waals surface area contributed by atoms with Gasteiger partial charge in [-0.1, -0.05) is 35.3 Å². The lowest BCUT2D eigenvalue weighted by molar-refractivity contribution is 0.881. The summed E-state index contributed by atoms with van der Waals surface area (Å²) in [5, 5.41) is 1.40. The van der Waals surface area contributed by atoms with Crippen LogP contribution in [0.1, 0.15) is 5.82 Å². The number of benzene rings is 2. The van der Waals surface area contributed by atoms with Crippen LogP contribution in [0.25, 0.3) is 16.6 Å². The van der Waals surface area contributed by atoms with E-state index in [1.54, 1.807) is 36.4 Å². The van der Waals surface area contributed by atoms with Crippen LogP contribution in [0.4, 0.5) is 0 Å². The lowest BCUT2D eigenvalue weighted by atomic mass is 10.2. The highest BCUT2D eigenvalue weighted by Gasteiger charge is 2.12. The Balaban J connectivity index is 2.40. The van der Waals surface area contributed by atoms with E-state index in [4.69, 9.17) is 34.8 Å². The van der Waals surface area contributed by atoms with E-state index in [1.165, 1.54) is 4.57 Å². The summed E-state index contributed by atoms with van der Waals surface area (Å²) < 4.78 is 1.44. The van der Waals surface area contributed by atoms with Crippen LogP contribution in [0, 0.1) is 0 Å². The molecule has 0 fully saturated rings. The number of alkyl halides is 1. The molecule has 0 spiro atoms. The van der Waals surface area contributed by atoms with Gasteiger partial charge in [0.05, 0.1) is 22.5 Å². The SMILES string of the molecule is O=c1c2ccccc2nc(CCl)n1-c1cc(Cl)cc(Cl)c1. The summed E-state index contributed by atoms with van der Waals surface area (Å²) in [6.07, 6.45) is 0. The highest BCUT2D eigenvalue weighted by molar-refractivity contribution is 6.34. The van der Waals surface area contributed by atoms with E-state index in [9.17, 15) is 4.79 Å². The lowest BCUT2D eigenvalue weighted by Crippen LogP contribution is -2.23. The van der Waals surface area contributed by atoms with E-state index in [2.05, 4.69) is 4.98 Å². The maximum absolute atomic E-state index is 12.7. The molecule has 2 aromatic carbocycles. The molecular weight excluding hydrogens is 331 g/mol. The van der Waals surface area contributed by atoms with Crippen molar-refractivity contribution in [3.05, 3.63) is 68.7 Å². The molecule has 0 unspecified atom stereocenters. The fraction of sp³-hybridized carbons (Fsp3) is 0.0667. The molecule has 0 saturated carbocycles. The van der Waals surface area contributed by atoms with Gasteiger partial charge in [-0.3, -0.25) is 9.36 Å². The van der Waals surface area contributed by atoms with Gasteiger partial charge in [0, 0.05) is 10.0 Å². The molecule has 0 N–H and O–H groups in total. The van der Waals surface area contributed by atoms with Crippen LogP contribution in [0.5, 0.6) is 0 Å². The first-order valence-corrected chi connectivity index (χ1v) is 7.42. The summed E-state index contributed by atoms with van der Waals surface area (Å²) in [6.45, 7) is 0. The smallest absolute Gasteiger partial charge is 0.266 e. The van der Waals surface area contributed by atoms with E-state index in [0.717, 1.165) is 0 Å². The Morgan fingerprint density at radius 2 is 1.71 bits per heavy atom. The third kappa shape index (κ3) is 2.64. The fourth-order valence-electron chi connectivity index (χ4n) is 2.20. The third-order valence-electron chi connectivity index (χ3n) is 3.07. The van der Waals surface area contributed by atoms with Gasteiger partial charge in [-0.15, -0.1) is 11.6 Å². The van der Waals surface area contributed by atoms with Crippen LogP contribution in [0.15, 0.2) is 47.3 Å². The number of hydrogen-bond acceptors (Lipinski definition) is 2. The molecule has 1 heterocycles. The monoisotopic (exact) mass is 338 g/mol. The van der Waals surface area contributed by atoms with E-state index in [0.29, 0.717) is 32.5 Å². The van der Waals surface area contributed by atoms with Crippen molar-refractivity contribution in [2.75, 3.05) is 0 Å². The number of halogens is 3. The number of hydrogen-bond donors (Lipinski definition) is 0. The van der Waals surface area contributed by atoms with Gasteiger partial charge in [0.1, 0.15) is 5.82 Å². The fourth-order valence-corrected chi connectivity index (χ4v) is 2.90. The van der Waals surface area contributed by atoms with Gasteiger partial charge in [0.25, 0.3) is 5.56 Å². The van der Waals surface area contributed by atoms with Crippen molar-refractivity contribution in [3.63, 3.8) is 0 Å². The van der Waals surface area contributed by atoms with Gasteiger partial charge in [-0.2, -0.15) is 0 Å². The number of nitrogens with zero attached hydrogens (tertiary/aromatic N) is 2. The Bertz CT molecular complexity index is 869. The molecule has 0 radical (unpaired) electrons. The average Bonchev–Trinajstić information content (AvgIpc) is 2.46. The summed E-state index contributed by atoms with van der Waals surface area (Å²) in [7, 11) is 0.